The van der Waals surface area contributed by atoms with Crippen LogP contribution in [0.4, 0.5) is 0 Å². The van der Waals surface area contributed by atoms with Crippen LogP contribution in [0.1, 0.15) is 26.7 Å². The smallest absolute Gasteiger partial charge is 0.235 e. The van der Waals surface area contributed by atoms with Crippen molar-refractivity contribution in [2.24, 2.45) is 0 Å². The van der Waals surface area contributed by atoms with Crippen LogP contribution in [0.25, 0.3) is 0 Å². The number of thioether (sulfide) groups is 1. The summed E-state index contributed by atoms with van der Waals surface area (Å²) in [4.78, 5) is 11.3. The maximum Gasteiger partial charge on any atom is 0.235 e. The van der Waals surface area contributed by atoms with Crippen LogP contribution in [0.15, 0.2) is 11.1 Å². The number of nitriles is 1. The molecule has 0 fully saturated rings. The maximum absolute atomic E-state index is 12.1. The fourth-order valence-corrected chi connectivity index (χ4v) is 4.61. The van der Waals surface area contributed by atoms with Gasteiger partial charge in [0.25, 0.3) is 0 Å². The third-order valence-electron chi connectivity index (χ3n) is 2.20. The Kier molecular flexibility index (Phi) is 5.04. The fourth-order valence-electron chi connectivity index (χ4n) is 1.40. The number of carbonyl (C=O) groups excluding carboxylic acids is 1. The van der Waals surface area contributed by atoms with E-state index in [9.17, 15) is 13.2 Å². The van der Waals surface area contributed by atoms with Gasteiger partial charge in [-0.15, -0.1) is 0 Å². The first-order valence-electron chi connectivity index (χ1n) is 5.46. The normalized spacial score (nSPS) is 19.3. The number of carbonyl (C=O) groups is 1. The number of rotatable bonds is 5. The van der Waals surface area contributed by atoms with Crippen molar-refractivity contribution >= 4 is 27.5 Å². The molecule has 0 aromatic rings. The minimum Gasteiger partial charge on any atom is -0.274 e. The Balaban J connectivity index is 2.88. The van der Waals surface area contributed by atoms with Gasteiger partial charge in [-0.05, 0) is 6.42 Å². The van der Waals surface area contributed by atoms with Crippen LogP contribution in [0, 0.1) is 11.3 Å². The second-order valence-electron chi connectivity index (χ2n) is 3.83. The van der Waals surface area contributed by atoms with Crippen LogP contribution in [0.5, 0.6) is 0 Å². The standard InChI is InChI=1S/C10H15N3O3S2/c1-3-4-5-18(15,16)10-13(12-8(2)14)7-9(6-11)17-10/h7,10H,3-5H2,1-2H3,(H,12,14). The molecule has 0 aliphatic carbocycles. The van der Waals surface area contributed by atoms with E-state index in [-0.39, 0.29) is 16.6 Å². The third kappa shape index (κ3) is 3.65. The molecule has 0 spiro atoms. The summed E-state index contributed by atoms with van der Waals surface area (Å²) in [6, 6.07) is 1.89. The van der Waals surface area contributed by atoms with Crippen LogP contribution in [0.3, 0.4) is 0 Å². The Morgan fingerprint density at radius 2 is 2.33 bits per heavy atom. The number of hydrogen-bond donors (Lipinski definition) is 1. The highest BCUT2D eigenvalue weighted by Crippen LogP contribution is 2.34. The molecule has 1 rings (SSSR count). The van der Waals surface area contributed by atoms with Gasteiger partial charge in [0.1, 0.15) is 11.0 Å². The van der Waals surface area contributed by atoms with Gasteiger partial charge in [0, 0.05) is 13.1 Å². The molecule has 100 valence electrons. The van der Waals surface area contributed by atoms with Crippen molar-refractivity contribution in [1.29, 1.82) is 5.26 Å². The molecule has 1 amide bonds. The number of hydrogen-bond acceptors (Lipinski definition) is 6. The number of nitrogens with zero attached hydrogens (tertiary/aromatic N) is 2. The average molecular weight is 289 g/mol. The third-order valence-corrected chi connectivity index (χ3v) is 5.94. The Labute approximate surface area is 111 Å². The molecule has 0 aromatic heterocycles. The summed E-state index contributed by atoms with van der Waals surface area (Å²) in [6.45, 7) is 3.19. The summed E-state index contributed by atoms with van der Waals surface area (Å²) in [5.41, 5.74) is 2.41. The van der Waals surface area contributed by atoms with Crippen molar-refractivity contribution in [2.45, 2.75) is 31.4 Å². The highest BCUT2D eigenvalue weighted by molar-refractivity contribution is 8.15. The molecule has 0 aromatic carbocycles. The van der Waals surface area contributed by atoms with Gasteiger partial charge in [-0.25, -0.2) is 8.42 Å². The first-order chi connectivity index (χ1) is 8.40. The zero-order valence-corrected chi connectivity index (χ0v) is 11.8. The highest BCUT2D eigenvalue weighted by atomic mass is 32.3. The zero-order chi connectivity index (χ0) is 13.8. The molecule has 0 radical (unpaired) electrons. The summed E-state index contributed by atoms with van der Waals surface area (Å²) in [7, 11) is -3.39. The van der Waals surface area contributed by atoms with Crippen molar-refractivity contribution in [3.8, 4) is 6.07 Å². The largest absolute Gasteiger partial charge is 0.274 e. The van der Waals surface area contributed by atoms with E-state index in [4.69, 9.17) is 5.26 Å². The van der Waals surface area contributed by atoms with E-state index < -0.39 is 14.5 Å². The van der Waals surface area contributed by atoms with E-state index in [0.29, 0.717) is 6.42 Å². The zero-order valence-electron chi connectivity index (χ0n) is 10.2. The van der Waals surface area contributed by atoms with Crippen LogP contribution >= 0.6 is 11.8 Å². The first kappa shape index (κ1) is 14.9. The van der Waals surface area contributed by atoms with Gasteiger partial charge in [-0.2, -0.15) is 5.26 Å². The average Bonchev–Trinajstić information content (AvgIpc) is 2.69. The lowest BCUT2D eigenvalue weighted by Crippen LogP contribution is -2.44. The molecular weight excluding hydrogens is 274 g/mol. The lowest BCUT2D eigenvalue weighted by Gasteiger charge is -2.23. The molecule has 1 aliphatic heterocycles. The van der Waals surface area contributed by atoms with E-state index in [2.05, 4.69) is 5.43 Å². The second-order valence-corrected chi connectivity index (χ2v) is 7.43. The molecule has 0 saturated heterocycles. The van der Waals surface area contributed by atoms with Gasteiger partial charge in [0.2, 0.25) is 10.6 Å². The van der Waals surface area contributed by atoms with Crippen molar-refractivity contribution in [3.05, 3.63) is 11.1 Å². The molecule has 1 atom stereocenters. The van der Waals surface area contributed by atoms with Gasteiger partial charge in [0.15, 0.2) is 9.84 Å². The van der Waals surface area contributed by atoms with E-state index >= 15 is 0 Å². The Hall–Kier alpha value is -1.20. The van der Waals surface area contributed by atoms with E-state index in [1.54, 1.807) is 0 Å². The van der Waals surface area contributed by atoms with Crippen molar-refractivity contribution < 1.29 is 13.2 Å². The van der Waals surface area contributed by atoms with Crippen molar-refractivity contribution in [2.75, 3.05) is 5.75 Å². The minimum atomic E-state index is -3.39. The van der Waals surface area contributed by atoms with Gasteiger partial charge < -0.3 is 0 Å². The van der Waals surface area contributed by atoms with Gasteiger partial charge in [-0.1, -0.05) is 25.1 Å². The SMILES string of the molecule is CCCCS(=O)(=O)C1SC(C#N)=CN1NC(C)=O. The van der Waals surface area contributed by atoms with Crippen LogP contribution < -0.4 is 5.43 Å². The summed E-state index contributed by atoms with van der Waals surface area (Å²) in [5, 5.41) is 10.00. The summed E-state index contributed by atoms with van der Waals surface area (Å²) in [5.74, 6) is -0.328. The molecule has 1 unspecified atom stereocenters. The Morgan fingerprint density at radius 1 is 1.67 bits per heavy atom. The molecule has 1 aliphatic rings. The monoisotopic (exact) mass is 289 g/mol. The van der Waals surface area contributed by atoms with Crippen molar-refractivity contribution in [1.82, 2.24) is 10.4 Å². The minimum absolute atomic E-state index is 0.0454. The first-order valence-corrected chi connectivity index (χ1v) is 8.06. The molecular formula is C10H15N3O3S2. The van der Waals surface area contributed by atoms with Gasteiger partial charge in [-0.3, -0.25) is 15.2 Å². The van der Waals surface area contributed by atoms with E-state index in [1.165, 1.54) is 18.1 Å². The number of allylic oxidation sites excluding steroid dienone is 1. The van der Waals surface area contributed by atoms with Crippen LogP contribution in [0.2, 0.25) is 0 Å². The maximum atomic E-state index is 12.1. The lowest BCUT2D eigenvalue weighted by molar-refractivity contribution is -0.122. The predicted octanol–water partition coefficient (Wildman–Crippen LogP) is 0.950. The second kappa shape index (κ2) is 6.11. The number of sulfone groups is 1. The molecule has 18 heavy (non-hydrogen) atoms. The van der Waals surface area contributed by atoms with Crippen molar-refractivity contribution in [3.63, 3.8) is 0 Å². The highest BCUT2D eigenvalue weighted by Gasteiger charge is 2.36. The number of amides is 1. The number of unbranched alkanes of at least 4 members (excludes halogenated alkanes) is 1. The molecule has 1 N–H and O–H groups in total. The topological polar surface area (TPSA) is 90.3 Å². The number of nitrogens with one attached hydrogen (secondary N) is 1. The summed E-state index contributed by atoms with van der Waals surface area (Å²) < 4.78 is 23.2. The fraction of sp³-hybridized carbons (Fsp3) is 0.600. The van der Waals surface area contributed by atoms with E-state index in [0.717, 1.165) is 18.2 Å². The molecule has 0 bridgehead atoms. The van der Waals surface area contributed by atoms with Crippen LogP contribution in [-0.2, 0) is 14.6 Å². The summed E-state index contributed by atoms with van der Waals surface area (Å²) >= 11 is 0.941. The Morgan fingerprint density at radius 3 is 2.83 bits per heavy atom. The molecule has 8 heteroatoms. The summed E-state index contributed by atoms with van der Waals surface area (Å²) in [6.07, 6.45) is 2.69. The predicted molar refractivity (Wildman–Crippen MR) is 69.4 cm³/mol. The molecule has 1 heterocycles. The van der Waals surface area contributed by atoms with Gasteiger partial charge in [0.05, 0.1) is 5.75 Å². The lowest BCUT2D eigenvalue weighted by atomic mass is 10.4. The molecule has 6 nitrogen and oxygen atoms in total. The number of hydrazine groups is 1. The Bertz CT molecular complexity index is 493. The molecule has 0 saturated carbocycles. The van der Waals surface area contributed by atoms with Gasteiger partial charge >= 0.3 is 0 Å². The van der Waals surface area contributed by atoms with E-state index in [1.807, 2.05) is 13.0 Å². The quantitative estimate of drug-likeness (QED) is 0.810. The van der Waals surface area contributed by atoms with Crippen LogP contribution in [-0.4, -0.2) is 29.8 Å².